The number of rotatable bonds is 8. The van der Waals surface area contributed by atoms with Crippen molar-refractivity contribution in [3.05, 3.63) is 29.6 Å². The van der Waals surface area contributed by atoms with Crippen LogP contribution >= 0.6 is 0 Å². The van der Waals surface area contributed by atoms with E-state index in [0.29, 0.717) is 19.0 Å². The zero-order valence-corrected chi connectivity index (χ0v) is 13.8. The van der Waals surface area contributed by atoms with E-state index in [1.54, 1.807) is 18.2 Å². The molecule has 1 rings (SSSR count). The molecule has 0 fully saturated rings. The Kier molecular flexibility index (Phi) is 7.52. The zero-order valence-electron chi connectivity index (χ0n) is 13.8. The number of pyridine rings is 1. The maximum atomic E-state index is 12.0. The maximum absolute atomic E-state index is 12.0. The highest BCUT2D eigenvalue weighted by Gasteiger charge is 2.12. The van der Waals surface area contributed by atoms with E-state index in [2.05, 4.69) is 20.5 Å². The van der Waals surface area contributed by atoms with Gasteiger partial charge in [-0.15, -0.1) is 0 Å². The van der Waals surface area contributed by atoms with Crippen molar-refractivity contribution in [2.24, 2.45) is 5.92 Å². The molecule has 0 saturated heterocycles. The molecule has 0 aliphatic rings. The summed E-state index contributed by atoms with van der Waals surface area (Å²) in [6, 6.07) is 4.89. The Bertz CT molecular complexity index is 501. The highest BCUT2D eigenvalue weighted by Crippen LogP contribution is 2.01. The van der Waals surface area contributed by atoms with Crippen LogP contribution in [0.25, 0.3) is 0 Å². The van der Waals surface area contributed by atoms with Crippen molar-refractivity contribution in [3.63, 3.8) is 0 Å². The minimum Gasteiger partial charge on any atom is -0.351 e. The summed E-state index contributed by atoms with van der Waals surface area (Å²) in [4.78, 5) is 30.1. The van der Waals surface area contributed by atoms with Crippen LogP contribution in [0.1, 0.15) is 41.2 Å². The minimum absolute atomic E-state index is 0.253. The summed E-state index contributed by atoms with van der Waals surface area (Å²) in [6.07, 6.45) is 0.868. The van der Waals surface area contributed by atoms with E-state index >= 15 is 0 Å². The highest BCUT2D eigenvalue weighted by atomic mass is 16.2. The summed E-state index contributed by atoms with van der Waals surface area (Å²) in [6.45, 7) is 6.12. The molecule has 1 aromatic rings. The predicted octanol–water partition coefficient (Wildman–Crippen LogP) is 1.15. The maximum Gasteiger partial charge on any atom is 0.269 e. The van der Waals surface area contributed by atoms with Gasteiger partial charge in [0.25, 0.3) is 11.8 Å². The summed E-state index contributed by atoms with van der Waals surface area (Å²) >= 11 is 0. The van der Waals surface area contributed by atoms with Crippen molar-refractivity contribution in [1.29, 1.82) is 0 Å². The first-order valence-corrected chi connectivity index (χ1v) is 7.58. The number of carbonyl (C=O) groups excluding carboxylic acids is 2. The summed E-state index contributed by atoms with van der Waals surface area (Å²) in [7, 11) is 3.98. The number of carbonyl (C=O) groups is 2. The lowest BCUT2D eigenvalue weighted by molar-refractivity contribution is 0.0941. The molecule has 0 radical (unpaired) electrons. The molecule has 0 unspecified atom stereocenters. The predicted molar refractivity (Wildman–Crippen MR) is 86.9 cm³/mol. The minimum atomic E-state index is -0.254. The van der Waals surface area contributed by atoms with Gasteiger partial charge in [0.05, 0.1) is 0 Å². The molecule has 2 amide bonds. The number of nitrogens with one attached hydrogen (secondary N) is 2. The van der Waals surface area contributed by atoms with Crippen molar-refractivity contribution in [3.8, 4) is 0 Å². The summed E-state index contributed by atoms with van der Waals surface area (Å²) < 4.78 is 0. The summed E-state index contributed by atoms with van der Waals surface area (Å²) in [5.41, 5.74) is 0.531. The number of hydrogen-bond acceptors (Lipinski definition) is 4. The average Bonchev–Trinajstić information content (AvgIpc) is 2.48. The Balaban J connectivity index is 2.55. The second-order valence-corrected chi connectivity index (χ2v) is 5.92. The number of aromatic nitrogens is 1. The topological polar surface area (TPSA) is 74.3 Å². The van der Waals surface area contributed by atoms with Gasteiger partial charge in [-0.05, 0) is 45.1 Å². The lowest BCUT2D eigenvalue weighted by atomic mass is 10.2. The fraction of sp³-hybridized carbons (Fsp3) is 0.562. The molecule has 22 heavy (non-hydrogen) atoms. The Morgan fingerprint density at radius 1 is 1.14 bits per heavy atom. The van der Waals surface area contributed by atoms with Gasteiger partial charge in [-0.3, -0.25) is 9.59 Å². The van der Waals surface area contributed by atoms with Crippen LogP contribution in [0.4, 0.5) is 0 Å². The monoisotopic (exact) mass is 306 g/mol. The van der Waals surface area contributed by atoms with E-state index in [9.17, 15) is 9.59 Å². The van der Waals surface area contributed by atoms with Crippen molar-refractivity contribution in [2.45, 2.75) is 20.3 Å². The molecule has 6 heteroatoms. The second kappa shape index (κ2) is 9.15. The molecule has 0 aliphatic carbocycles. The van der Waals surface area contributed by atoms with Crippen molar-refractivity contribution in [1.82, 2.24) is 20.5 Å². The van der Waals surface area contributed by atoms with Gasteiger partial charge in [0.1, 0.15) is 11.4 Å². The Labute approximate surface area is 132 Å². The molecule has 0 bridgehead atoms. The summed E-state index contributed by atoms with van der Waals surface area (Å²) in [5, 5.41) is 5.60. The molecule has 0 saturated carbocycles. The van der Waals surface area contributed by atoms with E-state index in [4.69, 9.17) is 0 Å². The second-order valence-electron chi connectivity index (χ2n) is 5.92. The average molecular weight is 306 g/mol. The third kappa shape index (κ3) is 6.67. The van der Waals surface area contributed by atoms with Crippen molar-refractivity contribution < 1.29 is 9.59 Å². The molecular weight excluding hydrogens is 280 g/mol. The van der Waals surface area contributed by atoms with Crippen LogP contribution in [-0.2, 0) is 0 Å². The molecule has 0 aromatic carbocycles. The molecular formula is C16H26N4O2. The van der Waals surface area contributed by atoms with E-state index in [1.165, 1.54) is 0 Å². The lowest BCUT2D eigenvalue weighted by Crippen LogP contribution is -2.30. The summed E-state index contributed by atoms with van der Waals surface area (Å²) in [5.74, 6) is -0.139. The van der Waals surface area contributed by atoms with Crippen molar-refractivity contribution >= 4 is 11.8 Å². The SMILES string of the molecule is CC(C)CNC(=O)c1cccc(C(=O)NCCCN(C)C)n1. The number of nitrogens with zero attached hydrogens (tertiary/aromatic N) is 2. The van der Waals surface area contributed by atoms with Crippen LogP contribution in [0, 0.1) is 5.92 Å². The van der Waals surface area contributed by atoms with Crippen LogP contribution in [0.15, 0.2) is 18.2 Å². The van der Waals surface area contributed by atoms with Crippen LogP contribution in [-0.4, -0.2) is 55.4 Å². The fourth-order valence-corrected chi connectivity index (χ4v) is 1.76. The van der Waals surface area contributed by atoms with Crippen LogP contribution in [0.5, 0.6) is 0 Å². The zero-order chi connectivity index (χ0) is 16.5. The molecule has 1 heterocycles. The van der Waals surface area contributed by atoms with E-state index < -0.39 is 0 Å². The Morgan fingerprint density at radius 3 is 2.27 bits per heavy atom. The van der Waals surface area contributed by atoms with Gasteiger partial charge in [-0.25, -0.2) is 4.98 Å². The normalized spacial score (nSPS) is 10.8. The van der Waals surface area contributed by atoms with Crippen molar-refractivity contribution in [2.75, 3.05) is 33.7 Å². The van der Waals surface area contributed by atoms with Gasteiger partial charge in [0, 0.05) is 13.1 Å². The number of amides is 2. The molecule has 0 aliphatic heterocycles. The quantitative estimate of drug-likeness (QED) is 0.707. The van der Waals surface area contributed by atoms with Gasteiger partial charge in [0.15, 0.2) is 0 Å². The van der Waals surface area contributed by atoms with Crippen LogP contribution in [0.3, 0.4) is 0 Å². The van der Waals surface area contributed by atoms with Crippen LogP contribution < -0.4 is 10.6 Å². The first kappa shape index (κ1) is 18.1. The molecule has 2 N–H and O–H groups in total. The standard InChI is InChI=1S/C16H26N4O2/c1-12(2)11-18-16(22)14-8-5-7-13(19-14)15(21)17-9-6-10-20(3)4/h5,7-8,12H,6,9-11H2,1-4H3,(H,17,21)(H,18,22). The van der Waals surface area contributed by atoms with Gasteiger partial charge in [-0.2, -0.15) is 0 Å². The fourth-order valence-electron chi connectivity index (χ4n) is 1.76. The molecule has 6 nitrogen and oxygen atoms in total. The van der Waals surface area contributed by atoms with Gasteiger partial charge >= 0.3 is 0 Å². The lowest BCUT2D eigenvalue weighted by Gasteiger charge is -2.10. The Hall–Kier alpha value is -1.95. The molecule has 122 valence electrons. The van der Waals surface area contributed by atoms with E-state index in [0.717, 1.165) is 13.0 Å². The third-order valence-corrected chi connectivity index (χ3v) is 2.95. The smallest absolute Gasteiger partial charge is 0.269 e. The first-order valence-electron chi connectivity index (χ1n) is 7.58. The van der Waals surface area contributed by atoms with Gasteiger partial charge in [0.2, 0.25) is 0 Å². The highest BCUT2D eigenvalue weighted by molar-refractivity contribution is 5.96. The molecule has 0 spiro atoms. The Morgan fingerprint density at radius 2 is 1.73 bits per heavy atom. The molecule has 0 atom stereocenters. The first-order chi connectivity index (χ1) is 10.4. The van der Waals surface area contributed by atoms with Gasteiger partial charge < -0.3 is 15.5 Å². The van der Waals surface area contributed by atoms with E-state index in [1.807, 2.05) is 27.9 Å². The van der Waals surface area contributed by atoms with Crippen LogP contribution in [0.2, 0.25) is 0 Å². The van der Waals surface area contributed by atoms with Gasteiger partial charge in [-0.1, -0.05) is 19.9 Å². The largest absolute Gasteiger partial charge is 0.351 e. The third-order valence-electron chi connectivity index (χ3n) is 2.95. The molecule has 1 aromatic heterocycles. The van der Waals surface area contributed by atoms with E-state index in [-0.39, 0.29) is 23.2 Å². The number of hydrogen-bond donors (Lipinski definition) is 2.